The number of alkyl halides is 3. The van der Waals surface area contributed by atoms with Gasteiger partial charge in [0.2, 0.25) is 0 Å². The normalized spacial score (nSPS) is 17.7. The number of ether oxygens (including phenoxy) is 1. The van der Waals surface area contributed by atoms with Gasteiger partial charge in [0.05, 0.1) is 24.5 Å². The quantitative estimate of drug-likeness (QED) is 0.841. The summed E-state index contributed by atoms with van der Waals surface area (Å²) in [6.07, 6.45) is -3.48. The third-order valence-electron chi connectivity index (χ3n) is 4.37. The van der Waals surface area contributed by atoms with Gasteiger partial charge in [0.15, 0.2) is 0 Å². The molecule has 2 aromatic rings. The van der Waals surface area contributed by atoms with E-state index in [1.165, 1.54) is 11.6 Å². The first kappa shape index (κ1) is 16.9. The summed E-state index contributed by atoms with van der Waals surface area (Å²) in [5.41, 5.74) is 1.78. The number of hydrogen-bond donors (Lipinski definition) is 0. The molecule has 0 spiro atoms. The van der Waals surface area contributed by atoms with E-state index in [2.05, 4.69) is 16.8 Å². The fourth-order valence-electron chi connectivity index (χ4n) is 2.84. The van der Waals surface area contributed by atoms with Crippen LogP contribution in [0.5, 0.6) is 0 Å². The van der Waals surface area contributed by atoms with Gasteiger partial charge in [0, 0.05) is 30.9 Å². The van der Waals surface area contributed by atoms with Crippen LogP contribution >= 0.6 is 0 Å². The minimum atomic E-state index is -4.36. The van der Waals surface area contributed by atoms with Crippen molar-refractivity contribution in [1.82, 2.24) is 9.88 Å². The van der Waals surface area contributed by atoms with Crippen molar-refractivity contribution in [2.24, 2.45) is 0 Å². The molecular weight excluding hydrogens is 317 g/mol. The van der Waals surface area contributed by atoms with Gasteiger partial charge in [-0.1, -0.05) is 24.3 Å². The second-order valence-electron chi connectivity index (χ2n) is 5.88. The largest absolute Gasteiger partial charge is 0.417 e. The standard InChI is InChI=1S/C18H19F3N2O/c1-13(23-8-10-24-11-9-23)14-2-4-15(5-3-14)17-7-6-16(12-22-17)18(19,20)21/h2-7,12-13H,8-11H2,1H3/t13-/m0/s1. The van der Waals surface area contributed by atoms with E-state index < -0.39 is 11.7 Å². The van der Waals surface area contributed by atoms with Crippen molar-refractivity contribution >= 4 is 0 Å². The summed E-state index contributed by atoms with van der Waals surface area (Å²) in [7, 11) is 0. The van der Waals surface area contributed by atoms with Crippen LogP contribution in [0.2, 0.25) is 0 Å². The minimum Gasteiger partial charge on any atom is -0.379 e. The monoisotopic (exact) mass is 336 g/mol. The predicted octanol–water partition coefficient (Wildman–Crippen LogP) is 4.16. The van der Waals surface area contributed by atoms with Crippen molar-refractivity contribution in [3.63, 3.8) is 0 Å². The van der Waals surface area contributed by atoms with E-state index in [1.807, 2.05) is 24.3 Å². The highest BCUT2D eigenvalue weighted by Gasteiger charge is 2.30. The Hall–Kier alpha value is -1.92. The number of rotatable bonds is 3. The topological polar surface area (TPSA) is 25.4 Å². The van der Waals surface area contributed by atoms with Crippen LogP contribution in [-0.4, -0.2) is 36.2 Å². The van der Waals surface area contributed by atoms with Gasteiger partial charge in [-0.05, 0) is 24.6 Å². The lowest BCUT2D eigenvalue weighted by Gasteiger charge is -2.32. The highest BCUT2D eigenvalue weighted by molar-refractivity contribution is 5.59. The molecule has 24 heavy (non-hydrogen) atoms. The molecule has 0 radical (unpaired) electrons. The Kier molecular flexibility index (Phi) is 4.87. The van der Waals surface area contributed by atoms with Crippen molar-refractivity contribution in [1.29, 1.82) is 0 Å². The zero-order valence-corrected chi connectivity index (χ0v) is 13.4. The number of hydrogen-bond acceptors (Lipinski definition) is 3. The number of morpholine rings is 1. The fraction of sp³-hybridized carbons (Fsp3) is 0.389. The van der Waals surface area contributed by atoms with Crippen molar-refractivity contribution in [3.8, 4) is 11.3 Å². The SMILES string of the molecule is C[C@@H](c1ccc(-c2ccc(C(F)(F)F)cn2)cc1)N1CCOCC1. The van der Waals surface area contributed by atoms with Gasteiger partial charge in [-0.3, -0.25) is 9.88 Å². The summed E-state index contributed by atoms with van der Waals surface area (Å²) in [5, 5.41) is 0. The number of nitrogens with zero attached hydrogens (tertiary/aromatic N) is 2. The van der Waals surface area contributed by atoms with Gasteiger partial charge in [0.25, 0.3) is 0 Å². The van der Waals surface area contributed by atoms with E-state index in [-0.39, 0.29) is 6.04 Å². The second kappa shape index (κ2) is 6.91. The van der Waals surface area contributed by atoms with Gasteiger partial charge in [-0.25, -0.2) is 0 Å². The molecule has 3 nitrogen and oxygen atoms in total. The molecule has 6 heteroatoms. The van der Waals surface area contributed by atoms with Gasteiger partial charge in [-0.2, -0.15) is 13.2 Å². The van der Waals surface area contributed by atoms with Gasteiger partial charge < -0.3 is 4.74 Å². The Morgan fingerprint density at radius 2 is 1.71 bits per heavy atom. The Balaban J connectivity index is 1.74. The minimum absolute atomic E-state index is 0.281. The van der Waals surface area contributed by atoms with Crippen LogP contribution < -0.4 is 0 Å². The van der Waals surface area contributed by atoms with E-state index in [0.29, 0.717) is 5.69 Å². The van der Waals surface area contributed by atoms with Gasteiger partial charge in [0.1, 0.15) is 0 Å². The summed E-state index contributed by atoms with van der Waals surface area (Å²) in [6, 6.07) is 10.6. The van der Waals surface area contributed by atoms with E-state index in [0.717, 1.165) is 44.1 Å². The zero-order chi connectivity index (χ0) is 17.2. The molecule has 1 saturated heterocycles. The maximum absolute atomic E-state index is 12.6. The molecule has 1 aromatic heterocycles. The van der Waals surface area contributed by atoms with Crippen LogP contribution in [0.15, 0.2) is 42.6 Å². The molecule has 1 aliphatic rings. The van der Waals surface area contributed by atoms with Crippen LogP contribution in [0.4, 0.5) is 13.2 Å². The van der Waals surface area contributed by atoms with Crippen LogP contribution in [0.25, 0.3) is 11.3 Å². The molecule has 0 bridgehead atoms. The lowest BCUT2D eigenvalue weighted by molar-refractivity contribution is -0.137. The number of pyridine rings is 1. The van der Waals surface area contributed by atoms with E-state index >= 15 is 0 Å². The molecular formula is C18H19F3N2O. The third-order valence-corrected chi connectivity index (χ3v) is 4.37. The summed E-state index contributed by atoms with van der Waals surface area (Å²) in [4.78, 5) is 6.29. The van der Waals surface area contributed by atoms with E-state index in [1.54, 1.807) is 0 Å². The molecule has 3 rings (SSSR count). The zero-order valence-electron chi connectivity index (χ0n) is 13.4. The van der Waals surface area contributed by atoms with Gasteiger partial charge >= 0.3 is 6.18 Å². The molecule has 2 heterocycles. The predicted molar refractivity (Wildman–Crippen MR) is 85.5 cm³/mol. The lowest BCUT2D eigenvalue weighted by atomic mass is 10.0. The van der Waals surface area contributed by atoms with Crippen LogP contribution in [0, 0.1) is 0 Å². The van der Waals surface area contributed by atoms with E-state index in [9.17, 15) is 13.2 Å². The first-order chi connectivity index (χ1) is 11.4. The molecule has 1 aromatic carbocycles. The maximum Gasteiger partial charge on any atom is 0.417 e. The highest BCUT2D eigenvalue weighted by atomic mass is 19.4. The number of halogens is 3. The summed E-state index contributed by atoms with van der Waals surface area (Å²) >= 11 is 0. The highest BCUT2D eigenvalue weighted by Crippen LogP contribution is 2.30. The maximum atomic E-state index is 12.6. The summed E-state index contributed by atoms with van der Waals surface area (Å²) in [6.45, 7) is 5.46. The molecule has 1 aliphatic heterocycles. The number of aromatic nitrogens is 1. The number of benzene rings is 1. The van der Waals surface area contributed by atoms with E-state index in [4.69, 9.17) is 4.74 Å². The average molecular weight is 336 g/mol. The second-order valence-corrected chi connectivity index (χ2v) is 5.88. The third kappa shape index (κ3) is 3.76. The van der Waals surface area contributed by atoms with Gasteiger partial charge in [-0.15, -0.1) is 0 Å². The molecule has 128 valence electrons. The van der Waals surface area contributed by atoms with Crippen molar-refractivity contribution < 1.29 is 17.9 Å². The van der Waals surface area contributed by atoms with Crippen LogP contribution in [-0.2, 0) is 10.9 Å². The fourth-order valence-corrected chi connectivity index (χ4v) is 2.84. The molecule has 0 aliphatic carbocycles. The van der Waals surface area contributed by atoms with Crippen LogP contribution in [0.1, 0.15) is 24.1 Å². The Morgan fingerprint density at radius 1 is 1.04 bits per heavy atom. The Labute approximate surface area is 139 Å². The molecule has 0 N–H and O–H groups in total. The Morgan fingerprint density at radius 3 is 2.25 bits per heavy atom. The molecule has 1 atom stereocenters. The lowest BCUT2D eigenvalue weighted by Crippen LogP contribution is -2.37. The molecule has 0 unspecified atom stereocenters. The molecule has 0 saturated carbocycles. The van der Waals surface area contributed by atoms with Crippen molar-refractivity contribution in [2.45, 2.75) is 19.1 Å². The molecule has 1 fully saturated rings. The van der Waals surface area contributed by atoms with Crippen molar-refractivity contribution in [2.75, 3.05) is 26.3 Å². The van der Waals surface area contributed by atoms with Crippen molar-refractivity contribution in [3.05, 3.63) is 53.7 Å². The Bertz CT molecular complexity index is 662. The summed E-state index contributed by atoms with van der Waals surface area (Å²) in [5.74, 6) is 0. The molecule has 0 amide bonds. The first-order valence-corrected chi connectivity index (χ1v) is 7.90. The summed E-state index contributed by atoms with van der Waals surface area (Å²) < 4.78 is 43.1. The smallest absolute Gasteiger partial charge is 0.379 e. The first-order valence-electron chi connectivity index (χ1n) is 7.90. The van der Waals surface area contributed by atoms with Crippen LogP contribution in [0.3, 0.4) is 0 Å². The average Bonchev–Trinajstić information content (AvgIpc) is 2.61.